The van der Waals surface area contributed by atoms with Crippen LogP contribution in [-0.2, 0) is 0 Å². The molecule has 2 nitrogen and oxygen atoms in total. The van der Waals surface area contributed by atoms with Crippen molar-refractivity contribution in [3.8, 4) is 10.4 Å². The Kier molecular flexibility index (Phi) is 4.18. The van der Waals surface area contributed by atoms with Gasteiger partial charge < -0.3 is 5.32 Å². The summed E-state index contributed by atoms with van der Waals surface area (Å²) in [6, 6.07) is 8.31. The Morgan fingerprint density at radius 2 is 2.00 bits per heavy atom. The van der Waals surface area contributed by atoms with E-state index in [4.69, 9.17) is 0 Å². The SMILES string of the molecule is CC(C)CNc1ncc(-c2ccc(Br)cc2)s1. The fourth-order valence-corrected chi connectivity index (χ4v) is 2.49. The lowest BCUT2D eigenvalue weighted by atomic mass is 10.2. The lowest BCUT2D eigenvalue weighted by Gasteiger charge is -2.04. The highest BCUT2D eigenvalue weighted by molar-refractivity contribution is 9.10. The zero-order valence-corrected chi connectivity index (χ0v) is 12.3. The highest BCUT2D eigenvalue weighted by Gasteiger charge is 2.04. The molecular weight excluding hydrogens is 296 g/mol. The van der Waals surface area contributed by atoms with Crippen molar-refractivity contribution in [3.63, 3.8) is 0 Å². The van der Waals surface area contributed by atoms with Gasteiger partial charge in [-0.15, -0.1) is 0 Å². The van der Waals surface area contributed by atoms with Gasteiger partial charge in [-0.05, 0) is 23.6 Å². The molecule has 1 N–H and O–H groups in total. The monoisotopic (exact) mass is 310 g/mol. The van der Waals surface area contributed by atoms with Crippen molar-refractivity contribution in [1.82, 2.24) is 4.98 Å². The number of hydrogen-bond acceptors (Lipinski definition) is 3. The third-order valence-electron chi connectivity index (χ3n) is 2.30. The third kappa shape index (κ3) is 3.54. The molecule has 1 heterocycles. The minimum absolute atomic E-state index is 0.634. The van der Waals surface area contributed by atoms with Crippen LogP contribution in [0.3, 0.4) is 0 Å². The van der Waals surface area contributed by atoms with Crippen molar-refractivity contribution in [2.45, 2.75) is 13.8 Å². The van der Waals surface area contributed by atoms with Crippen LogP contribution in [0.1, 0.15) is 13.8 Å². The normalized spacial score (nSPS) is 10.8. The van der Waals surface area contributed by atoms with Gasteiger partial charge in [0.15, 0.2) is 5.13 Å². The topological polar surface area (TPSA) is 24.9 Å². The fraction of sp³-hybridized carbons (Fsp3) is 0.308. The van der Waals surface area contributed by atoms with Crippen molar-refractivity contribution < 1.29 is 0 Å². The van der Waals surface area contributed by atoms with E-state index in [1.807, 2.05) is 6.20 Å². The molecule has 0 spiro atoms. The second kappa shape index (κ2) is 5.65. The fourth-order valence-electron chi connectivity index (χ4n) is 1.39. The van der Waals surface area contributed by atoms with Crippen LogP contribution in [0.5, 0.6) is 0 Å². The minimum atomic E-state index is 0.634. The summed E-state index contributed by atoms with van der Waals surface area (Å²) in [7, 11) is 0. The van der Waals surface area contributed by atoms with E-state index < -0.39 is 0 Å². The van der Waals surface area contributed by atoms with Crippen molar-refractivity contribution in [3.05, 3.63) is 34.9 Å². The number of aromatic nitrogens is 1. The number of halogens is 1. The molecule has 2 aromatic rings. The lowest BCUT2D eigenvalue weighted by molar-refractivity contribution is 0.688. The van der Waals surface area contributed by atoms with Crippen LogP contribution in [0, 0.1) is 5.92 Å². The minimum Gasteiger partial charge on any atom is -0.361 e. The van der Waals surface area contributed by atoms with E-state index in [0.717, 1.165) is 16.1 Å². The Morgan fingerprint density at radius 1 is 1.29 bits per heavy atom. The quantitative estimate of drug-likeness (QED) is 0.889. The molecule has 0 atom stereocenters. The van der Waals surface area contributed by atoms with Crippen LogP contribution in [0.4, 0.5) is 5.13 Å². The average Bonchev–Trinajstić information content (AvgIpc) is 2.76. The molecule has 2 rings (SSSR count). The molecule has 0 aliphatic carbocycles. The molecule has 0 aliphatic rings. The summed E-state index contributed by atoms with van der Waals surface area (Å²) in [6.07, 6.45) is 1.93. The molecule has 0 amide bonds. The molecule has 0 unspecified atom stereocenters. The Morgan fingerprint density at radius 3 is 2.65 bits per heavy atom. The number of hydrogen-bond donors (Lipinski definition) is 1. The van der Waals surface area contributed by atoms with Crippen LogP contribution in [0.2, 0.25) is 0 Å². The molecule has 4 heteroatoms. The van der Waals surface area contributed by atoms with Crippen LogP contribution in [0.25, 0.3) is 10.4 Å². The maximum absolute atomic E-state index is 4.38. The molecule has 0 aliphatic heterocycles. The summed E-state index contributed by atoms with van der Waals surface area (Å²) in [5.74, 6) is 0.634. The molecule has 0 radical (unpaired) electrons. The predicted octanol–water partition coefficient (Wildman–Crippen LogP) is 4.64. The average molecular weight is 311 g/mol. The summed E-state index contributed by atoms with van der Waals surface area (Å²) in [5, 5.41) is 4.34. The van der Waals surface area contributed by atoms with Crippen LogP contribution in [-0.4, -0.2) is 11.5 Å². The number of rotatable bonds is 4. The number of thiazole rings is 1. The van der Waals surface area contributed by atoms with Crippen molar-refractivity contribution >= 4 is 32.4 Å². The van der Waals surface area contributed by atoms with Crippen LogP contribution >= 0.6 is 27.3 Å². The lowest BCUT2D eigenvalue weighted by Crippen LogP contribution is -2.07. The number of nitrogens with one attached hydrogen (secondary N) is 1. The molecule has 1 aromatic carbocycles. The molecule has 90 valence electrons. The predicted molar refractivity (Wildman–Crippen MR) is 78.6 cm³/mol. The van der Waals surface area contributed by atoms with Gasteiger partial charge in [0.1, 0.15) is 0 Å². The Labute approximate surface area is 114 Å². The second-order valence-electron chi connectivity index (χ2n) is 4.31. The number of benzene rings is 1. The summed E-state index contributed by atoms with van der Waals surface area (Å²) in [5.41, 5.74) is 1.21. The number of anilines is 1. The zero-order valence-electron chi connectivity index (χ0n) is 9.90. The van der Waals surface area contributed by atoms with Gasteiger partial charge in [0.25, 0.3) is 0 Å². The largest absolute Gasteiger partial charge is 0.361 e. The van der Waals surface area contributed by atoms with Gasteiger partial charge in [-0.3, -0.25) is 0 Å². The van der Waals surface area contributed by atoms with E-state index in [0.29, 0.717) is 5.92 Å². The highest BCUT2D eigenvalue weighted by atomic mass is 79.9. The van der Waals surface area contributed by atoms with Gasteiger partial charge in [-0.2, -0.15) is 0 Å². The summed E-state index contributed by atoms with van der Waals surface area (Å²) >= 11 is 5.14. The van der Waals surface area contributed by atoms with E-state index in [1.165, 1.54) is 10.4 Å². The van der Waals surface area contributed by atoms with E-state index >= 15 is 0 Å². The van der Waals surface area contributed by atoms with Gasteiger partial charge in [-0.25, -0.2) is 4.98 Å². The van der Waals surface area contributed by atoms with Gasteiger partial charge in [0, 0.05) is 17.2 Å². The smallest absolute Gasteiger partial charge is 0.183 e. The van der Waals surface area contributed by atoms with Gasteiger partial charge in [0.2, 0.25) is 0 Å². The summed E-state index contributed by atoms with van der Waals surface area (Å²) in [4.78, 5) is 5.58. The zero-order chi connectivity index (χ0) is 12.3. The first-order valence-electron chi connectivity index (χ1n) is 5.61. The Bertz CT molecular complexity index is 476. The standard InChI is InChI=1S/C13H15BrN2S/c1-9(2)7-15-13-16-8-12(17-13)10-3-5-11(14)6-4-10/h3-6,8-9H,7H2,1-2H3,(H,15,16). The summed E-state index contributed by atoms with van der Waals surface area (Å²) < 4.78 is 1.10. The van der Waals surface area contributed by atoms with Gasteiger partial charge >= 0.3 is 0 Å². The molecule has 0 bridgehead atoms. The number of nitrogens with zero attached hydrogens (tertiary/aromatic N) is 1. The molecule has 17 heavy (non-hydrogen) atoms. The van der Waals surface area contributed by atoms with Crippen molar-refractivity contribution in [1.29, 1.82) is 0 Å². The maximum Gasteiger partial charge on any atom is 0.183 e. The first-order valence-corrected chi connectivity index (χ1v) is 7.22. The second-order valence-corrected chi connectivity index (χ2v) is 6.26. The van der Waals surface area contributed by atoms with Crippen molar-refractivity contribution in [2.75, 3.05) is 11.9 Å². The maximum atomic E-state index is 4.38. The molecule has 0 saturated heterocycles. The highest BCUT2D eigenvalue weighted by Crippen LogP contribution is 2.29. The molecular formula is C13H15BrN2S. The van der Waals surface area contributed by atoms with E-state index in [9.17, 15) is 0 Å². The van der Waals surface area contributed by atoms with Gasteiger partial charge in [-0.1, -0.05) is 53.2 Å². The first-order chi connectivity index (χ1) is 8.15. The van der Waals surface area contributed by atoms with Crippen LogP contribution < -0.4 is 5.32 Å². The molecule has 0 fully saturated rings. The Balaban J connectivity index is 2.10. The van der Waals surface area contributed by atoms with Crippen LogP contribution in [0.15, 0.2) is 34.9 Å². The van der Waals surface area contributed by atoms with E-state index in [2.05, 4.69) is 64.3 Å². The third-order valence-corrected chi connectivity index (χ3v) is 3.83. The molecule has 0 saturated carbocycles. The van der Waals surface area contributed by atoms with E-state index in [-0.39, 0.29) is 0 Å². The first kappa shape index (κ1) is 12.6. The molecule has 1 aromatic heterocycles. The summed E-state index contributed by atoms with van der Waals surface area (Å²) in [6.45, 7) is 5.35. The Hall–Kier alpha value is -0.870. The van der Waals surface area contributed by atoms with Crippen molar-refractivity contribution in [2.24, 2.45) is 5.92 Å². The van der Waals surface area contributed by atoms with E-state index in [1.54, 1.807) is 11.3 Å². The van der Waals surface area contributed by atoms with Gasteiger partial charge in [0.05, 0.1) is 4.88 Å².